The van der Waals surface area contributed by atoms with Crippen LogP contribution in [0.1, 0.15) is 39.3 Å². The zero-order valence-electron chi connectivity index (χ0n) is 10.7. The Morgan fingerprint density at radius 3 is 2.82 bits per heavy atom. The van der Waals surface area contributed by atoms with Gasteiger partial charge in [0.2, 0.25) is 0 Å². The van der Waals surface area contributed by atoms with Crippen molar-refractivity contribution in [3.8, 4) is 0 Å². The standard InChI is InChI=1S/C13H21N3S/c1-4-9(2)7-10(3)16-11-5-6-15-12(8-11)13(14)17/h5-6,8-10H,4,7H2,1-3H3,(H2,14,17)(H,15,16). The maximum absolute atomic E-state index is 5.56. The fourth-order valence-corrected chi connectivity index (χ4v) is 1.88. The number of pyridine rings is 1. The van der Waals surface area contributed by atoms with E-state index < -0.39 is 0 Å². The maximum atomic E-state index is 5.56. The smallest absolute Gasteiger partial charge is 0.122 e. The molecule has 0 saturated heterocycles. The lowest BCUT2D eigenvalue weighted by Gasteiger charge is -2.18. The predicted molar refractivity (Wildman–Crippen MR) is 77.3 cm³/mol. The van der Waals surface area contributed by atoms with E-state index in [1.54, 1.807) is 6.20 Å². The minimum absolute atomic E-state index is 0.336. The summed E-state index contributed by atoms with van der Waals surface area (Å²) in [4.78, 5) is 4.45. The molecule has 3 N–H and O–H groups in total. The number of aromatic nitrogens is 1. The molecule has 0 fully saturated rings. The van der Waals surface area contributed by atoms with Gasteiger partial charge in [0.05, 0.1) is 5.69 Å². The summed E-state index contributed by atoms with van der Waals surface area (Å²) in [5, 5.41) is 3.45. The first-order valence-corrected chi connectivity index (χ1v) is 6.46. The van der Waals surface area contributed by atoms with E-state index in [2.05, 4.69) is 31.1 Å². The third-order valence-corrected chi connectivity index (χ3v) is 3.09. The number of hydrogen-bond donors (Lipinski definition) is 2. The van der Waals surface area contributed by atoms with Gasteiger partial charge in [0.15, 0.2) is 0 Å². The Labute approximate surface area is 109 Å². The van der Waals surface area contributed by atoms with Crippen LogP contribution in [0, 0.1) is 5.92 Å². The molecule has 94 valence electrons. The van der Waals surface area contributed by atoms with E-state index in [1.807, 2.05) is 12.1 Å². The molecule has 4 heteroatoms. The van der Waals surface area contributed by atoms with Gasteiger partial charge in [0, 0.05) is 17.9 Å². The summed E-state index contributed by atoms with van der Waals surface area (Å²) < 4.78 is 0. The molecule has 1 rings (SSSR count). The Balaban J connectivity index is 2.62. The second-order valence-corrected chi connectivity index (χ2v) is 5.03. The first kappa shape index (κ1) is 13.9. The number of nitrogens with zero attached hydrogens (tertiary/aromatic N) is 1. The van der Waals surface area contributed by atoms with Crippen molar-refractivity contribution in [2.75, 3.05) is 5.32 Å². The van der Waals surface area contributed by atoms with Crippen molar-refractivity contribution in [3.63, 3.8) is 0 Å². The number of nitrogens with two attached hydrogens (primary N) is 1. The molecule has 3 nitrogen and oxygen atoms in total. The Morgan fingerprint density at radius 1 is 1.53 bits per heavy atom. The summed E-state index contributed by atoms with van der Waals surface area (Å²) in [5.41, 5.74) is 7.25. The molecule has 0 aliphatic carbocycles. The Kier molecular flexibility index (Phi) is 5.35. The summed E-state index contributed by atoms with van der Waals surface area (Å²) in [6, 6.07) is 4.27. The SMILES string of the molecule is CCC(C)CC(C)Nc1ccnc(C(N)=S)c1. The lowest BCUT2D eigenvalue weighted by atomic mass is 10.0. The van der Waals surface area contributed by atoms with Crippen LogP contribution in [0.4, 0.5) is 5.69 Å². The predicted octanol–water partition coefficient (Wildman–Crippen LogP) is 2.95. The van der Waals surface area contributed by atoms with E-state index in [1.165, 1.54) is 6.42 Å². The van der Waals surface area contributed by atoms with Gasteiger partial charge in [-0.25, -0.2) is 0 Å². The third kappa shape index (κ3) is 4.69. The topological polar surface area (TPSA) is 50.9 Å². The summed E-state index contributed by atoms with van der Waals surface area (Å²) in [6.07, 6.45) is 4.09. The molecule has 0 saturated carbocycles. The average Bonchev–Trinajstić information content (AvgIpc) is 2.28. The van der Waals surface area contributed by atoms with Gasteiger partial charge < -0.3 is 11.1 Å². The van der Waals surface area contributed by atoms with Crippen molar-refractivity contribution in [2.24, 2.45) is 11.7 Å². The number of nitrogens with one attached hydrogen (secondary N) is 1. The molecule has 0 spiro atoms. The van der Waals surface area contributed by atoms with Crippen LogP contribution in [0.25, 0.3) is 0 Å². The zero-order chi connectivity index (χ0) is 12.8. The van der Waals surface area contributed by atoms with Crippen LogP contribution in [0.15, 0.2) is 18.3 Å². The van der Waals surface area contributed by atoms with E-state index in [0.717, 1.165) is 18.0 Å². The fourth-order valence-electron chi connectivity index (χ4n) is 1.77. The lowest BCUT2D eigenvalue weighted by Crippen LogP contribution is -2.19. The Bertz CT molecular complexity index is 379. The number of thiocarbonyl (C=S) groups is 1. The van der Waals surface area contributed by atoms with Crippen molar-refractivity contribution in [3.05, 3.63) is 24.0 Å². The van der Waals surface area contributed by atoms with Crippen LogP contribution in [0.2, 0.25) is 0 Å². The van der Waals surface area contributed by atoms with Gasteiger partial charge in [-0.05, 0) is 31.4 Å². The molecule has 1 aromatic heterocycles. The second-order valence-electron chi connectivity index (χ2n) is 4.59. The molecule has 1 heterocycles. The van der Waals surface area contributed by atoms with Crippen LogP contribution in [-0.2, 0) is 0 Å². The second kappa shape index (κ2) is 6.55. The highest BCUT2D eigenvalue weighted by atomic mass is 32.1. The number of rotatable bonds is 6. The van der Waals surface area contributed by atoms with Crippen LogP contribution < -0.4 is 11.1 Å². The molecule has 1 aromatic rings. The Hall–Kier alpha value is -1.16. The highest BCUT2D eigenvalue weighted by Gasteiger charge is 2.07. The van der Waals surface area contributed by atoms with E-state index in [9.17, 15) is 0 Å². The molecular formula is C13H21N3S. The normalized spacial score (nSPS) is 14.1. The number of anilines is 1. The van der Waals surface area contributed by atoms with Crippen molar-refractivity contribution in [2.45, 2.75) is 39.7 Å². The quantitative estimate of drug-likeness (QED) is 0.763. The van der Waals surface area contributed by atoms with E-state index in [0.29, 0.717) is 16.7 Å². The third-order valence-electron chi connectivity index (χ3n) is 2.88. The molecular weight excluding hydrogens is 230 g/mol. The van der Waals surface area contributed by atoms with Crippen LogP contribution in [-0.4, -0.2) is 16.0 Å². The lowest BCUT2D eigenvalue weighted by molar-refractivity contribution is 0.484. The van der Waals surface area contributed by atoms with Gasteiger partial charge >= 0.3 is 0 Å². The van der Waals surface area contributed by atoms with Crippen molar-refractivity contribution < 1.29 is 0 Å². The summed E-state index contributed by atoms with van der Waals surface area (Å²) >= 11 is 4.91. The largest absolute Gasteiger partial charge is 0.388 e. The minimum Gasteiger partial charge on any atom is -0.388 e. The zero-order valence-corrected chi connectivity index (χ0v) is 11.6. The van der Waals surface area contributed by atoms with Crippen LogP contribution >= 0.6 is 12.2 Å². The molecule has 0 aliphatic heterocycles. The van der Waals surface area contributed by atoms with Gasteiger partial charge in [0.25, 0.3) is 0 Å². The fraction of sp³-hybridized carbons (Fsp3) is 0.538. The minimum atomic E-state index is 0.336. The van der Waals surface area contributed by atoms with Gasteiger partial charge in [-0.1, -0.05) is 32.5 Å². The van der Waals surface area contributed by atoms with Crippen molar-refractivity contribution in [1.29, 1.82) is 0 Å². The van der Waals surface area contributed by atoms with Gasteiger partial charge in [-0.2, -0.15) is 0 Å². The molecule has 2 unspecified atom stereocenters. The summed E-state index contributed by atoms with van der Waals surface area (Å²) in [7, 11) is 0. The van der Waals surface area contributed by atoms with Crippen molar-refractivity contribution in [1.82, 2.24) is 4.98 Å². The van der Waals surface area contributed by atoms with E-state index in [4.69, 9.17) is 18.0 Å². The van der Waals surface area contributed by atoms with E-state index >= 15 is 0 Å². The first-order chi connectivity index (χ1) is 8.02. The molecule has 17 heavy (non-hydrogen) atoms. The highest BCUT2D eigenvalue weighted by molar-refractivity contribution is 7.80. The molecule has 0 aromatic carbocycles. The Morgan fingerprint density at radius 2 is 2.24 bits per heavy atom. The molecule has 0 bridgehead atoms. The molecule has 0 amide bonds. The highest BCUT2D eigenvalue weighted by Crippen LogP contribution is 2.15. The van der Waals surface area contributed by atoms with E-state index in [-0.39, 0.29) is 0 Å². The van der Waals surface area contributed by atoms with Gasteiger partial charge in [-0.15, -0.1) is 0 Å². The van der Waals surface area contributed by atoms with Gasteiger partial charge in [-0.3, -0.25) is 4.98 Å². The van der Waals surface area contributed by atoms with Crippen molar-refractivity contribution >= 4 is 22.9 Å². The monoisotopic (exact) mass is 251 g/mol. The first-order valence-electron chi connectivity index (χ1n) is 6.05. The number of hydrogen-bond acceptors (Lipinski definition) is 3. The molecule has 2 atom stereocenters. The van der Waals surface area contributed by atoms with Gasteiger partial charge in [0.1, 0.15) is 4.99 Å². The van der Waals surface area contributed by atoms with Crippen LogP contribution in [0.5, 0.6) is 0 Å². The molecule has 0 aliphatic rings. The summed E-state index contributed by atoms with van der Waals surface area (Å²) in [5.74, 6) is 0.731. The summed E-state index contributed by atoms with van der Waals surface area (Å²) in [6.45, 7) is 6.67. The average molecular weight is 251 g/mol. The molecule has 0 radical (unpaired) electrons. The van der Waals surface area contributed by atoms with Crippen LogP contribution in [0.3, 0.4) is 0 Å². The maximum Gasteiger partial charge on any atom is 0.122 e.